The van der Waals surface area contributed by atoms with E-state index in [9.17, 15) is 14.9 Å². The van der Waals surface area contributed by atoms with Crippen molar-refractivity contribution in [3.05, 3.63) is 33.6 Å². The SMILES string of the molecule is Cc1cnc(CC(=O)CC(C)C)c([N+](=O)[O-])c1. The van der Waals surface area contributed by atoms with Gasteiger partial charge in [0.05, 0.1) is 11.3 Å². The quantitative estimate of drug-likeness (QED) is 0.581. The predicted octanol–water partition coefficient (Wildman–Crippen LogP) is 2.46. The van der Waals surface area contributed by atoms with Gasteiger partial charge in [-0.05, 0) is 18.4 Å². The van der Waals surface area contributed by atoms with E-state index in [1.165, 1.54) is 6.07 Å². The van der Waals surface area contributed by atoms with Crippen LogP contribution in [0.25, 0.3) is 0 Å². The minimum absolute atomic E-state index is 0.0144. The molecule has 0 amide bonds. The summed E-state index contributed by atoms with van der Waals surface area (Å²) in [7, 11) is 0. The number of aromatic nitrogens is 1. The summed E-state index contributed by atoms with van der Waals surface area (Å²) in [6.45, 7) is 5.61. The van der Waals surface area contributed by atoms with Gasteiger partial charge in [-0.3, -0.25) is 19.9 Å². The van der Waals surface area contributed by atoms with Gasteiger partial charge in [-0.15, -0.1) is 0 Å². The smallest absolute Gasteiger partial charge is 0.291 e. The van der Waals surface area contributed by atoms with Crippen LogP contribution in [0.2, 0.25) is 0 Å². The molecule has 0 unspecified atom stereocenters. The summed E-state index contributed by atoms with van der Waals surface area (Å²) in [5.74, 6) is 0.242. The second kappa shape index (κ2) is 5.52. The van der Waals surface area contributed by atoms with Crippen molar-refractivity contribution in [3.8, 4) is 0 Å². The Morgan fingerprint density at radius 2 is 2.18 bits per heavy atom. The summed E-state index contributed by atoms with van der Waals surface area (Å²) >= 11 is 0. The Bertz CT molecular complexity index is 441. The van der Waals surface area contributed by atoms with Crippen LogP contribution in [-0.2, 0) is 11.2 Å². The van der Waals surface area contributed by atoms with Gasteiger partial charge >= 0.3 is 0 Å². The maximum Gasteiger partial charge on any atom is 0.291 e. The van der Waals surface area contributed by atoms with E-state index in [1.807, 2.05) is 13.8 Å². The van der Waals surface area contributed by atoms with Crippen molar-refractivity contribution in [2.75, 3.05) is 0 Å². The Labute approximate surface area is 100 Å². The second-order valence-electron chi connectivity index (χ2n) is 4.55. The third-order valence-corrected chi connectivity index (χ3v) is 2.28. The fourth-order valence-corrected chi connectivity index (χ4v) is 1.59. The molecule has 0 aliphatic rings. The van der Waals surface area contributed by atoms with E-state index in [4.69, 9.17) is 0 Å². The molecule has 17 heavy (non-hydrogen) atoms. The lowest BCUT2D eigenvalue weighted by molar-refractivity contribution is -0.385. The molecule has 0 atom stereocenters. The van der Waals surface area contributed by atoms with E-state index in [0.717, 1.165) is 5.56 Å². The Kier molecular flexibility index (Phi) is 4.31. The number of nitrogens with zero attached hydrogens (tertiary/aromatic N) is 2. The average Bonchev–Trinajstić information content (AvgIpc) is 2.19. The highest BCUT2D eigenvalue weighted by molar-refractivity contribution is 5.81. The van der Waals surface area contributed by atoms with Crippen LogP contribution >= 0.6 is 0 Å². The van der Waals surface area contributed by atoms with E-state index < -0.39 is 4.92 Å². The molecular weight excluding hydrogens is 220 g/mol. The molecule has 0 aromatic carbocycles. The molecule has 5 heteroatoms. The van der Waals surface area contributed by atoms with E-state index in [-0.39, 0.29) is 29.5 Å². The number of ketones is 1. The summed E-state index contributed by atoms with van der Waals surface area (Å²) in [6.07, 6.45) is 2.01. The average molecular weight is 236 g/mol. The van der Waals surface area contributed by atoms with Crippen molar-refractivity contribution in [1.82, 2.24) is 4.98 Å². The molecule has 0 radical (unpaired) electrons. The third-order valence-electron chi connectivity index (χ3n) is 2.28. The maximum absolute atomic E-state index is 11.6. The van der Waals surface area contributed by atoms with Crippen LogP contribution in [0.5, 0.6) is 0 Å². The summed E-state index contributed by atoms with van der Waals surface area (Å²) < 4.78 is 0. The highest BCUT2D eigenvalue weighted by atomic mass is 16.6. The third kappa shape index (κ3) is 3.94. The molecule has 0 bridgehead atoms. The maximum atomic E-state index is 11.6. The number of rotatable bonds is 5. The molecular formula is C12H16N2O3. The number of hydrogen-bond acceptors (Lipinski definition) is 4. The van der Waals surface area contributed by atoms with E-state index in [1.54, 1.807) is 13.1 Å². The van der Waals surface area contributed by atoms with Crippen LogP contribution in [-0.4, -0.2) is 15.7 Å². The Morgan fingerprint density at radius 3 is 2.71 bits per heavy atom. The van der Waals surface area contributed by atoms with Gasteiger partial charge < -0.3 is 0 Å². The van der Waals surface area contributed by atoms with Crippen molar-refractivity contribution in [2.45, 2.75) is 33.6 Å². The van der Waals surface area contributed by atoms with Crippen LogP contribution in [0.4, 0.5) is 5.69 Å². The molecule has 92 valence electrons. The van der Waals surface area contributed by atoms with Crippen LogP contribution in [0.3, 0.4) is 0 Å². The predicted molar refractivity (Wildman–Crippen MR) is 63.8 cm³/mol. The molecule has 1 aromatic heterocycles. The zero-order valence-electron chi connectivity index (χ0n) is 10.3. The molecule has 0 fully saturated rings. The Hall–Kier alpha value is -1.78. The van der Waals surface area contributed by atoms with Crippen LogP contribution < -0.4 is 0 Å². The summed E-state index contributed by atoms with van der Waals surface area (Å²) in [5.41, 5.74) is 0.908. The van der Waals surface area contributed by atoms with Gasteiger partial charge in [0.15, 0.2) is 0 Å². The molecule has 0 saturated heterocycles. The molecule has 1 heterocycles. The Morgan fingerprint density at radius 1 is 1.53 bits per heavy atom. The van der Waals surface area contributed by atoms with E-state index in [2.05, 4.69) is 4.98 Å². The first-order valence-electron chi connectivity index (χ1n) is 5.51. The zero-order chi connectivity index (χ0) is 13.0. The molecule has 0 saturated carbocycles. The van der Waals surface area contributed by atoms with Crippen molar-refractivity contribution in [1.29, 1.82) is 0 Å². The number of aryl methyl sites for hydroxylation is 1. The first kappa shape index (κ1) is 13.3. The summed E-state index contributed by atoms with van der Waals surface area (Å²) in [5, 5.41) is 10.8. The van der Waals surface area contributed by atoms with Crippen LogP contribution in [0.1, 0.15) is 31.5 Å². The fraction of sp³-hybridized carbons (Fsp3) is 0.500. The van der Waals surface area contributed by atoms with Crippen molar-refractivity contribution in [2.24, 2.45) is 5.92 Å². The van der Waals surface area contributed by atoms with Gasteiger partial charge in [0.2, 0.25) is 0 Å². The van der Waals surface area contributed by atoms with E-state index >= 15 is 0 Å². The topological polar surface area (TPSA) is 73.1 Å². The molecule has 0 aliphatic carbocycles. The van der Waals surface area contributed by atoms with Gasteiger partial charge in [0, 0.05) is 18.7 Å². The van der Waals surface area contributed by atoms with Gasteiger partial charge in [0.25, 0.3) is 5.69 Å². The largest absolute Gasteiger partial charge is 0.299 e. The molecule has 0 aliphatic heterocycles. The first-order chi connectivity index (χ1) is 7.90. The normalized spacial score (nSPS) is 10.6. The fourth-order valence-electron chi connectivity index (χ4n) is 1.59. The lowest BCUT2D eigenvalue weighted by atomic mass is 10.0. The second-order valence-corrected chi connectivity index (χ2v) is 4.55. The van der Waals surface area contributed by atoms with Crippen molar-refractivity contribution >= 4 is 11.5 Å². The summed E-state index contributed by atoms with van der Waals surface area (Å²) in [4.78, 5) is 25.9. The number of hydrogen-bond donors (Lipinski definition) is 0. The molecule has 0 N–H and O–H groups in total. The van der Waals surface area contributed by atoms with Gasteiger partial charge in [-0.1, -0.05) is 13.8 Å². The van der Waals surface area contributed by atoms with Crippen LogP contribution in [0, 0.1) is 23.0 Å². The molecule has 1 rings (SSSR count). The Balaban J connectivity index is 2.91. The zero-order valence-corrected chi connectivity index (χ0v) is 10.3. The number of carbonyl (C=O) groups is 1. The van der Waals surface area contributed by atoms with Crippen molar-refractivity contribution < 1.29 is 9.72 Å². The van der Waals surface area contributed by atoms with Gasteiger partial charge in [0.1, 0.15) is 11.5 Å². The summed E-state index contributed by atoms with van der Waals surface area (Å²) in [6, 6.07) is 1.45. The first-order valence-corrected chi connectivity index (χ1v) is 5.51. The minimum atomic E-state index is -0.488. The highest BCUT2D eigenvalue weighted by Gasteiger charge is 2.18. The van der Waals surface area contributed by atoms with Crippen LogP contribution in [0.15, 0.2) is 12.3 Å². The number of Topliss-reactive ketones (excluding diaryl/α,β-unsaturated/α-hetero) is 1. The number of carbonyl (C=O) groups excluding carboxylic acids is 1. The molecule has 1 aromatic rings. The number of nitro groups is 1. The lowest BCUT2D eigenvalue weighted by Crippen LogP contribution is -2.09. The van der Waals surface area contributed by atoms with Gasteiger partial charge in [-0.25, -0.2) is 0 Å². The standard InChI is InChI=1S/C12H16N2O3/c1-8(2)4-10(15)6-11-12(14(16)17)5-9(3)7-13-11/h5,7-8H,4,6H2,1-3H3. The monoisotopic (exact) mass is 236 g/mol. The number of pyridine rings is 1. The molecule has 0 spiro atoms. The van der Waals surface area contributed by atoms with Crippen molar-refractivity contribution in [3.63, 3.8) is 0 Å². The minimum Gasteiger partial charge on any atom is -0.299 e. The highest BCUT2D eigenvalue weighted by Crippen LogP contribution is 2.19. The van der Waals surface area contributed by atoms with Gasteiger partial charge in [-0.2, -0.15) is 0 Å². The molecule has 5 nitrogen and oxygen atoms in total. The van der Waals surface area contributed by atoms with E-state index in [0.29, 0.717) is 6.42 Å². The lowest BCUT2D eigenvalue weighted by Gasteiger charge is -2.04.